The first-order chi connectivity index (χ1) is 7.59. The number of hydrogen-bond donors (Lipinski definition) is 3. The van der Waals surface area contributed by atoms with Crippen LogP contribution in [0.5, 0.6) is 0 Å². The molecule has 4 heteroatoms. The van der Waals surface area contributed by atoms with Crippen LogP contribution in [0.3, 0.4) is 0 Å². The van der Waals surface area contributed by atoms with E-state index in [0.717, 1.165) is 0 Å². The fourth-order valence-corrected chi connectivity index (χ4v) is 1.58. The van der Waals surface area contributed by atoms with Gasteiger partial charge in [-0.2, -0.15) is 0 Å². The summed E-state index contributed by atoms with van der Waals surface area (Å²) in [4.78, 5) is 11.6. The highest BCUT2D eigenvalue weighted by Crippen LogP contribution is 2.21. The minimum Gasteiger partial charge on any atom is -0.394 e. The van der Waals surface area contributed by atoms with Crippen LogP contribution in [0.25, 0.3) is 0 Å². The van der Waals surface area contributed by atoms with Gasteiger partial charge in [-0.1, -0.05) is 26.8 Å². The number of hydrogen-bond acceptors (Lipinski definition) is 3. The first kappa shape index (κ1) is 16.1. The molecule has 3 N–H and O–H groups in total. The first-order valence-corrected chi connectivity index (χ1v) is 5.86. The Kier molecular flexibility index (Phi) is 5.85. The topological polar surface area (TPSA) is 69.6 Å². The molecule has 0 saturated heterocycles. The monoisotopic (exact) mass is 243 g/mol. The average Bonchev–Trinajstić information content (AvgIpc) is 2.13. The van der Waals surface area contributed by atoms with Crippen molar-refractivity contribution < 1.29 is 15.0 Å². The maximum absolute atomic E-state index is 11.6. The van der Waals surface area contributed by atoms with E-state index >= 15 is 0 Å². The second kappa shape index (κ2) is 6.17. The van der Waals surface area contributed by atoms with Crippen molar-refractivity contribution >= 4 is 5.91 Å². The zero-order valence-corrected chi connectivity index (χ0v) is 11.3. The van der Waals surface area contributed by atoms with Crippen molar-refractivity contribution in [2.45, 2.75) is 52.2 Å². The normalized spacial score (nSPS) is 17.1. The van der Waals surface area contributed by atoms with Gasteiger partial charge in [0.25, 0.3) is 0 Å². The van der Waals surface area contributed by atoms with Gasteiger partial charge in [0.2, 0.25) is 5.91 Å². The van der Waals surface area contributed by atoms with Crippen LogP contribution in [-0.2, 0) is 4.79 Å². The molecule has 0 spiro atoms. The Hall–Kier alpha value is -0.870. The van der Waals surface area contributed by atoms with E-state index in [1.807, 2.05) is 20.8 Å². The molecule has 1 amide bonds. The second-order valence-corrected chi connectivity index (χ2v) is 5.95. The van der Waals surface area contributed by atoms with Gasteiger partial charge in [-0.05, 0) is 18.8 Å². The van der Waals surface area contributed by atoms with Crippen LogP contribution < -0.4 is 5.32 Å². The fraction of sp³-hybridized carbons (Fsp3) is 0.769. The van der Waals surface area contributed by atoms with Crippen molar-refractivity contribution in [3.8, 4) is 0 Å². The quantitative estimate of drug-likeness (QED) is 0.614. The van der Waals surface area contributed by atoms with Crippen LogP contribution in [0.1, 0.15) is 40.5 Å². The average molecular weight is 243 g/mol. The molecule has 0 fully saturated rings. The van der Waals surface area contributed by atoms with Gasteiger partial charge in [0.15, 0.2) is 0 Å². The third-order valence-corrected chi connectivity index (χ3v) is 2.40. The van der Waals surface area contributed by atoms with E-state index < -0.39 is 5.60 Å². The van der Waals surface area contributed by atoms with Gasteiger partial charge < -0.3 is 15.5 Å². The molecule has 0 aromatic rings. The number of aliphatic hydroxyl groups excluding tert-OH is 1. The minimum absolute atomic E-state index is 0.0294. The van der Waals surface area contributed by atoms with Crippen LogP contribution in [0.4, 0.5) is 0 Å². The Labute approximate surface area is 104 Å². The molecular weight excluding hydrogens is 218 g/mol. The van der Waals surface area contributed by atoms with Gasteiger partial charge in [0.1, 0.15) is 0 Å². The van der Waals surface area contributed by atoms with Crippen LogP contribution in [-0.4, -0.2) is 34.4 Å². The van der Waals surface area contributed by atoms with Crippen LogP contribution in [0.2, 0.25) is 0 Å². The van der Waals surface area contributed by atoms with Crippen molar-refractivity contribution in [3.63, 3.8) is 0 Å². The van der Waals surface area contributed by atoms with Crippen molar-refractivity contribution in [2.75, 3.05) is 6.61 Å². The molecule has 100 valence electrons. The van der Waals surface area contributed by atoms with E-state index in [1.165, 1.54) is 13.0 Å². The largest absolute Gasteiger partial charge is 0.394 e. The van der Waals surface area contributed by atoms with Crippen LogP contribution >= 0.6 is 0 Å². The summed E-state index contributed by atoms with van der Waals surface area (Å²) >= 11 is 0. The molecule has 2 atom stereocenters. The van der Waals surface area contributed by atoms with Crippen molar-refractivity contribution in [1.82, 2.24) is 5.32 Å². The zero-order chi connectivity index (χ0) is 13.7. The molecule has 17 heavy (non-hydrogen) atoms. The molecule has 0 radical (unpaired) electrons. The molecule has 0 aliphatic heterocycles. The van der Waals surface area contributed by atoms with Gasteiger partial charge in [0, 0.05) is 0 Å². The molecule has 0 unspecified atom stereocenters. The maximum Gasteiger partial charge on any atom is 0.223 e. The summed E-state index contributed by atoms with van der Waals surface area (Å²) in [6, 6.07) is -0.275. The van der Waals surface area contributed by atoms with Crippen molar-refractivity contribution in [3.05, 3.63) is 12.7 Å². The molecule has 4 nitrogen and oxygen atoms in total. The lowest BCUT2D eigenvalue weighted by atomic mass is 9.88. The van der Waals surface area contributed by atoms with Gasteiger partial charge in [0.05, 0.1) is 24.7 Å². The third-order valence-electron chi connectivity index (χ3n) is 2.40. The van der Waals surface area contributed by atoms with Gasteiger partial charge in [-0.25, -0.2) is 0 Å². The lowest BCUT2D eigenvalue weighted by Gasteiger charge is -2.26. The smallest absolute Gasteiger partial charge is 0.223 e. The van der Waals surface area contributed by atoms with Crippen LogP contribution in [0, 0.1) is 5.41 Å². The van der Waals surface area contributed by atoms with Crippen LogP contribution in [0.15, 0.2) is 12.7 Å². The first-order valence-electron chi connectivity index (χ1n) is 5.86. The summed E-state index contributed by atoms with van der Waals surface area (Å²) in [5.74, 6) is -0.279. The standard InChI is InChI=1S/C13H25NO3/c1-6-13(5,17)8-11(16)14-10(9-15)7-12(2,3)4/h6,10,15,17H,1,7-9H2,2-5H3,(H,14,16)/t10-,13+/m0/s1. The number of aliphatic hydroxyl groups is 2. The number of carbonyl (C=O) groups excluding carboxylic acids is 1. The predicted octanol–water partition coefficient (Wildman–Crippen LogP) is 1.23. The molecule has 0 heterocycles. The Morgan fingerprint density at radius 1 is 1.41 bits per heavy atom. The Balaban J connectivity index is 4.30. The van der Waals surface area contributed by atoms with E-state index in [9.17, 15) is 15.0 Å². The van der Waals surface area contributed by atoms with E-state index in [2.05, 4.69) is 11.9 Å². The Morgan fingerprint density at radius 2 is 1.94 bits per heavy atom. The zero-order valence-electron chi connectivity index (χ0n) is 11.3. The molecular formula is C13H25NO3. The predicted molar refractivity (Wildman–Crippen MR) is 68.5 cm³/mol. The highest BCUT2D eigenvalue weighted by molar-refractivity contribution is 5.77. The van der Waals surface area contributed by atoms with E-state index in [-0.39, 0.29) is 30.4 Å². The van der Waals surface area contributed by atoms with E-state index in [1.54, 1.807) is 0 Å². The van der Waals surface area contributed by atoms with Gasteiger partial charge in [-0.15, -0.1) is 6.58 Å². The van der Waals surface area contributed by atoms with Crippen molar-refractivity contribution in [1.29, 1.82) is 0 Å². The molecule has 0 aromatic heterocycles. The lowest BCUT2D eigenvalue weighted by molar-refractivity contribution is -0.125. The summed E-state index contributed by atoms with van der Waals surface area (Å²) in [6.45, 7) is 11.0. The summed E-state index contributed by atoms with van der Waals surface area (Å²) < 4.78 is 0. The third kappa shape index (κ3) is 7.94. The summed E-state index contributed by atoms with van der Waals surface area (Å²) in [5, 5.41) is 21.6. The number of amides is 1. The SMILES string of the molecule is C=C[C@@](C)(O)CC(=O)N[C@H](CO)CC(C)(C)C. The van der Waals surface area contributed by atoms with Gasteiger partial charge >= 0.3 is 0 Å². The summed E-state index contributed by atoms with van der Waals surface area (Å²) in [7, 11) is 0. The Bertz CT molecular complexity index is 266. The lowest BCUT2D eigenvalue weighted by Crippen LogP contribution is -2.42. The minimum atomic E-state index is -1.20. The highest BCUT2D eigenvalue weighted by atomic mass is 16.3. The maximum atomic E-state index is 11.6. The molecule has 0 saturated carbocycles. The fourth-order valence-electron chi connectivity index (χ4n) is 1.58. The second-order valence-electron chi connectivity index (χ2n) is 5.95. The van der Waals surface area contributed by atoms with E-state index in [0.29, 0.717) is 6.42 Å². The molecule has 0 aromatic carbocycles. The highest BCUT2D eigenvalue weighted by Gasteiger charge is 2.24. The van der Waals surface area contributed by atoms with E-state index in [4.69, 9.17) is 0 Å². The number of carbonyl (C=O) groups is 1. The molecule has 0 aliphatic carbocycles. The Morgan fingerprint density at radius 3 is 2.29 bits per heavy atom. The molecule has 0 aliphatic rings. The summed E-state index contributed by atoms with van der Waals surface area (Å²) in [6.07, 6.45) is 1.98. The summed E-state index contributed by atoms with van der Waals surface area (Å²) in [5.41, 5.74) is -1.17. The molecule has 0 bridgehead atoms. The number of rotatable bonds is 6. The molecule has 0 rings (SSSR count). The number of nitrogens with one attached hydrogen (secondary N) is 1. The van der Waals surface area contributed by atoms with Crippen molar-refractivity contribution in [2.24, 2.45) is 5.41 Å². The van der Waals surface area contributed by atoms with Gasteiger partial charge in [-0.3, -0.25) is 4.79 Å².